The molecule has 1 atom stereocenters. The molecular formula is C21H22N2O7S. The number of carbonyl (C=O) groups is 2. The standard InChI is InChI=1S/C21H22N2O7S/c1-29-17-10-4-14(5-11-20(24)25)13-19(17)31(27,28)23-16-8-6-15(7-9-16)22-21(26)18-3-2-12-30-18/h4-11,13,18,23H,2-3,12H2,1H3,(H,22,26)(H,24,25)/b11-5+. The van der Waals surface area contributed by atoms with Crippen LogP contribution in [0, 0.1) is 0 Å². The molecule has 1 amide bonds. The molecule has 1 aliphatic rings. The molecule has 31 heavy (non-hydrogen) atoms. The van der Waals surface area contributed by atoms with Crippen molar-refractivity contribution in [1.29, 1.82) is 0 Å². The van der Waals surface area contributed by atoms with E-state index in [0.29, 0.717) is 24.3 Å². The zero-order valence-electron chi connectivity index (χ0n) is 16.7. The fraction of sp³-hybridized carbons (Fsp3) is 0.238. The van der Waals surface area contributed by atoms with E-state index in [-0.39, 0.29) is 22.2 Å². The molecule has 0 saturated carbocycles. The summed E-state index contributed by atoms with van der Waals surface area (Å²) in [5.74, 6) is -1.27. The lowest BCUT2D eigenvalue weighted by Crippen LogP contribution is -2.26. The number of anilines is 2. The summed E-state index contributed by atoms with van der Waals surface area (Å²) in [7, 11) is -2.69. The summed E-state index contributed by atoms with van der Waals surface area (Å²) < 4.78 is 38.7. The van der Waals surface area contributed by atoms with Crippen molar-refractivity contribution in [3.63, 3.8) is 0 Å². The number of methoxy groups -OCH3 is 1. The van der Waals surface area contributed by atoms with Crippen LogP contribution < -0.4 is 14.8 Å². The Morgan fingerprint density at radius 2 is 1.87 bits per heavy atom. The minimum atomic E-state index is -4.03. The first-order chi connectivity index (χ1) is 14.8. The van der Waals surface area contributed by atoms with Crippen molar-refractivity contribution in [3.8, 4) is 5.75 Å². The zero-order valence-corrected chi connectivity index (χ0v) is 17.5. The SMILES string of the molecule is COc1ccc(/C=C/C(=O)O)cc1S(=O)(=O)Nc1ccc(NC(=O)C2CCCO2)cc1. The van der Waals surface area contributed by atoms with Gasteiger partial charge in [-0.2, -0.15) is 0 Å². The second-order valence-electron chi connectivity index (χ2n) is 6.76. The van der Waals surface area contributed by atoms with Gasteiger partial charge in [0.25, 0.3) is 15.9 Å². The second-order valence-corrected chi connectivity index (χ2v) is 8.41. The van der Waals surface area contributed by atoms with Crippen LogP contribution in [0.25, 0.3) is 6.08 Å². The molecule has 0 bridgehead atoms. The van der Waals surface area contributed by atoms with Gasteiger partial charge in [0.05, 0.1) is 7.11 Å². The number of rotatable bonds is 8. The van der Waals surface area contributed by atoms with E-state index in [1.807, 2.05) is 0 Å². The summed E-state index contributed by atoms with van der Waals surface area (Å²) in [6.07, 6.45) is 3.25. The number of hydrogen-bond donors (Lipinski definition) is 3. The van der Waals surface area contributed by atoms with Crippen molar-refractivity contribution in [2.24, 2.45) is 0 Å². The van der Waals surface area contributed by atoms with E-state index in [0.717, 1.165) is 12.5 Å². The Hall–Kier alpha value is -3.37. The van der Waals surface area contributed by atoms with Gasteiger partial charge < -0.3 is 19.9 Å². The average Bonchev–Trinajstić information content (AvgIpc) is 3.28. The molecule has 2 aromatic rings. The van der Waals surface area contributed by atoms with Crippen molar-refractivity contribution in [2.45, 2.75) is 23.8 Å². The van der Waals surface area contributed by atoms with E-state index >= 15 is 0 Å². The highest BCUT2D eigenvalue weighted by Crippen LogP contribution is 2.28. The fourth-order valence-corrected chi connectivity index (χ4v) is 4.28. The van der Waals surface area contributed by atoms with Gasteiger partial charge in [-0.1, -0.05) is 6.07 Å². The predicted molar refractivity (Wildman–Crippen MR) is 115 cm³/mol. The van der Waals surface area contributed by atoms with E-state index < -0.39 is 22.1 Å². The van der Waals surface area contributed by atoms with Gasteiger partial charge in [-0.3, -0.25) is 9.52 Å². The maximum Gasteiger partial charge on any atom is 0.328 e. The fourth-order valence-electron chi connectivity index (χ4n) is 3.01. The molecule has 9 nitrogen and oxygen atoms in total. The molecular weight excluding hydrogens is 424 g/mol. The van der Waals surface area contributed by atoms with Gasteiger partial charge in [-0.05, 0) is 60.9 Å². The number of nitrogens with one attached hydrogen (secondary N) is 2. The lowest BCUT2D eigenvalue weighted by atomic mass is 10.2. The molecule has 1 unspecified atom stereocenters. The molecule has 164 valence electrons. The Morgan fingerprint density at radius 1 is 1.16 bits per heavy atom. The first kappa shape index (κ1) is 22.3. The molecule has 1 saturated heterocycles. The molecule has 1 fully saturated rings. The van der Waals surface area contributed by atoms with Crippen LogP contribution in [0.3, 0.4) is 0 Å². The topological polar surface area (TPSA) is 131 Å². The number of ether oxygens (including phenoxy) is 2. The number of benzene rings is 2. The maximum atomic E-state index is 12.9. The molecule has 1 aliphatic heterocycles. The summed E-state index contributed by atoms with van der Waals surface area (Å²) in [6.45, 7) is 0.565. The van der Waals surface area contributed by atoms with Crippen LogP contribution >= 0.6 is 0 Å². The highest BCUT2D eigenvalue weighted by atomic mass is 32.2. The van der Waals surface area contributed by atoms with Gasteiger partial charge in [-0.15, -0.1) is 0 Å². The number of carboxylic acid groups (broad SMARTS) is 1. The van der Waals surface area contributed by atoms with Crippen molar-refractivity contribution < 1.29 is 32.6 Å². The van der Waals surface area contributed by atoms with E-state index in [1.54, 1.807) is 18.2 Å². The largest absolute Gasteiger partial charge is 0.495 e. The van der Waals surface area contributed by atoms with Crippen LogP contribution in [0.4, 0.5) is 11.4 Å². The van der Waals surface area contributed by atoms with Gasteiger partial charge >= 0.3 is 5.97 Å². The van der Waals surface area contributed by atoms with Gasteiger partial charge in [0, 0.05) is 24.1 Å². The molecule has 10 heteroatoms. The summed E-state index contributed by atoms with van der Waals surface area (Å²) >= 11 is 0. The third-order valence-electron chi connectivity index (χ3n) is 4.52. The van der Waals surface area contributed by atoms with Crippen LogP contribution in [0.1, 0.15) is 18.4 Å². The van der Waals surface area contributed by atoms with Gasteiger partial charge in [-0.25, -0.2) is 13.2 Å². The lowest BCUT2D eigenvalue weighted by Gasteiger charge is -2.13. The van der Waals surface area contributed by atoms with Crippen molar-refractivity contribution >= 4 is 39.4 Å². The van der Waals surface area contributed by atoms with Crippen molar-refractivity contribution in [1.82, 2.24) is 0 Å². The molecule has 0 radical (unpaired) electrons. The lowest BCUT2D eigenvalue weighted by molar-refractivity contribution is -0.131. The van der Waals surface area contributed by atoms with Gasteiger partial charge in [0.1, 0.15) is 16.7 Å². The Morgan fingerprint density at radius 3 is 2.48 bits per heavy atom. The number of carboxylic acids is 1. The van der Waals surface area contributed by atoms with Crippen LogP contribution in [-0.2, 0) is 24.3 Å². The Labute approximate surface area is 179 Å². The Bertz CT molecular complexity index is 1090. The van der Waals surface area contributed by atoms with E-state index in [4.69, 9.17) is 14.6 Å². The highest BCUT2D eigenvalue weighted by molar-refractivity contribution is 7.92. The molecule has 0 aromatic heterocycles. The second kappa shape index (κ2) is 9.63. The molecule has 3 N–H and O–H groups in total. The van der Waals surface area contributed by atoms with Gasteiger partial charge in [0.15, 0.2) is 0 Å². The quantitative estimate of drug-likeness (QED) is 0.531. The predicted octanol–water partition coefficient (Wildman–Crippen LogP) is 2.71. The monoisotopic (exact) mass is 446 g/mol. The summed E-state index contributed by atoms with van der Waals surface area (Å²) in [5, 5.41) is 11.5. The first-order valence-corrected chi connectivity index (χ1v) is 10.9. The van der Waals surface area contributed by atoms with Crippen LogP contribution in [0.2, 0.25) is 0 Å². The third-order valence-corrected chi connectivity index (χ3v) is 5.92. The summed E-state index contributed by atoms with van der Waals surface area (Å²) in [5.41, 5.74) is 1.18. The Kier molecular flexibility index (Phi) is 6.93. The Balaban J connectivity index is 1.76. The molecule has 2 aromatic carbocycles. The van der Waals surface area contributed by atoms with E-state index in [9.17, 15) is 18.0 Å². The normalized spacial score (nSPS) is 16.2. The number of aliphatic carboxylic acids is 1. The van der Waals surface area contributed by atoms with Crippen molar-refractivity contribution in [2.75, 3.05) is 23.8 Å². The van der Waals surface area contributed by atoms with Crippen LogP contribution in [0.15, 0.2) is 53.4 Å². The number of sulfonamides is 1. The summed E-state index contributed by atoms with van der Waals surface area (Å²) in [4.78, 5) is 22.7. The third kappa shape index (κ3) is 5.83. The van der Waals surface area contributed by atoms with E-state index in [2.05, 4.69) is 10.0 Å². The van der Waals surface area contributed by atoms with Gasteiger partial charge in [0.2, 0.25) is 0 Å². The number of carbonyl (C=O) groups excluding carboxylic acids is 1. The minimum Gasteiger partial charge on any atom is -0.495 e. The average molecular weight is 446 g/mol. The molecule has 3 rings (SSSR count). The van der Waals surface area contributed by atoms with Crippen LogP contribution in [0.5, 0.6) is 5.75 Å². The number of amides is 1. The van der Waals surface area contributed by atoms with E-state index in [1.165, 1.54) is 37.5 Å². The first-order valence-electron chi connectivity index (χ1n) is 9.43. The zero-order chi connectivity index (χ0) is 22.4. The molecule has 1 heterocycles. The molecule has 0 spiro atoms. The summed E-state index contributed by atoms with van der Waals surface area (Å²) in [6, 6.07) is 10.5. The highest BCUT2D eigenvalue weighted by Gasteiger charge is 2.24. The smallest absolute Gasteiger partial charge is 0.328 e. The molecule has 0 aliphatic carbocycles. The minimum absolute atomic E-state index is 0.112. The van der Waals surface area contributed by atoms with Crippen molar-refractivity contribution in [3.05, 3.63) is 54.1 Å². The van der Waals surface area contributed by atoms with Crippen LogP contribution in [-0.4, -0.2) is 45.2 Å². The maximum absolute atomic E-state index is 12.9. The number of hydrogen-bond acceptors (Lipinski definition) is 6.